The minimum Gasteiger partial charge on any atom is -0.380 e. The first-order valence-corrected chi connectivity index (χ1v) is 6.30. The zero-order valence-electron chi connectivity index (χ0n) is 11.0. The summed E-state index contributed by atoms with van der Waals surface area (Å²) in [5.41, 5.74) is -0.0178. The van der Waals surface area contributed by atoms with Gasteiger partial charge in [-0.2, -0.15) is 0 Å². The molecule has 0 spiro atoms. The van der Waals surface area contributed by atoms with Crippen LogP contribution in [0.4, 0.5) is 0 Å². The van der Waals surface area contributed by atoms with Crippen LogP contribution < -0.4 is 16.6 Å². The average molecular weight is 255 g/mol. The lowest BCUT2D eigenvalue weighted by atomic mass is 10.3. The van der Waals surface area contributed by atoms with Gasteiger partial charge in [-0.3, -0.25) is 14.3 Å². The van der Waals surface area contributed by atoms with Gasteiger partial charge in [0.2, 0.25) is 0 Å². The van der Waals surface area contributed by atoms with Gasteiger partial charge in [0.15, 0.2) is 0 Å². The van der Waals surface area contributed by atoms with Crippen molar-refractivity contribution in [3.05, 3.63) is 32.6 Å². The molecule has 0 bridgehead atoms. The molecule has 1 heterocycles. The monoisotopic (exact) mass is 255 g/mol. The van der Waals surface area contributed by atoms with E-state index in [1.165, 1.54) is 4.57 Å². The van der Waals surface area contributed by atoms with Crippen molar-refractivity contribution in [3.8, 4) is 0 Å². The number of nitrogens with one attached hydrogen (secondary N) is 2. The number of aromatic amines is 1. The molecular weight excluding hydrogens is 234 g/mol. The summed E-state index contributed by atoms with van der Waals surface area (Å²) >= 11 is 0. The maximum atomic E-state index is 11.5. The Bertz CT molecular complexity index is 464. The average Bonchev–Trinajstić information content (AvgIpc) is 2.36. The van der Waals surface area contributed by atoms with Crippen LogP contribution in [0.1, 0.15) is 19.4 Å². The highest BCUT2D eigenvalue weighted by atomic mass is 16.5. The van der Waals surface area contributed by atoms with Crippen LogP contribution in [-0.4, -0.2) is 35.9 Å². The molecule has 0 fully saturated rings. The van der Waals surface area contributed by atoms with E-state index in [2.05, 4.69) is 10.3 Å². The second-order valence-corrected chi connectivity index (χ2v) is 3.91. The van der Waals surface area contributed by atoms with Crippen molar-refractivity contribution >= 4 is 0 Å². The van der Waals surface area contributed by atoms with Gasteiger partial charge in [-0.25, -0.2) is 4.79 Å². The van der Waals surface area contributed by atoms with Crippen molar-refractivity contribution in [1.82, 2.24) is 14.9 Å². The molecule has 0 aliphatic rings. The SMILES string of the molecule is CCOCCNCCn1cc(CC)c(=O)[nH]c1=O. The van der Waals surface area contributed by atoms with Crippen LogP contribution in [0, 0.1) is 0 Å². The van der Waals surface area contributed by atoms with Crippen molar-refractivity contribution in [2.75, 3.05) is 26.3 Å². The van der Waals surface area contributed by atoms with Crippen molar-refractivity contribution in [3.63, 3.8) is 0 Å². The summed E-state index contributed by atoms with van der Waals surface area (Å²) in [6, 6.07) is 0. The maximum Gasteiger partial charge on any atom is 0.328 e. The summed E-state index contributed by atoms with van der Waals surface area (Å²) in [6.45, 7) is 7.17. The third-order valence-electron chi connectivity index (χ3n) is 2.62. The predicted molar refractivity (Wildman–Crippen MR) is 70.1 cm³/mol. The van der Waals surface area contributed by atoms with Gasteiger partial charge in [-0.1, -0.05) is 6.92 Å². The number of nitrogens with zero attached hydrogens (tertiary/aromatic N) is 1. The third-order valence-corrected chi connectivity index (χ3v) is 2.62. The highest BCUT2D eigenvalue weighted by Crippen LogP contribution is 1.88. The van der Waals surface area contributed by atoms with E-state index in [1.807, 2.05) is 13.8 Å². The summed E-state index contributed by atoms with van der Waals surface area (Å²) < 4.78 is 6.70. The van der Waals surface area contributed by atoms with Gasteiger partial charge in [0, 0.05) is 38.0 Å². The first-order chi connectivity index (χ1) is 8.69. The second kappa shape index (κ2) is 7.84. The minimum atomic E-state index is -0.358. The lowest BCUT2D eigenvalue weighted by molar-refractivity contribution is 0.149. The Kier molecular flexibility index (Phi) is 6.38. The number of ether oxygens (including phenoxy) is 1. The van der Waals surface area contributed by atoms with Gasteiger partial charge in [0.25, 0.3) is 5.56 Å². The van der Waals surface area contributed by atoms with Gasteiger partial charge in [0.1, 0.15) is 0 Å². The number of hydrogen-bond donors (Lipinski definition) is 2. The van der Waals surface area contributed by atoms with Gasteiger partial charge in [-0.05, 0) is 13.3 Å². The molecule has 102 valence electrons. The van der Waals surface area contributed by atoms with E-state index in [0.29, 0.717) is 38.3 Å². The van der Waals surface area contributed by atoms with E-state index >= 15 is 0 Å². The van der Waals surface area contributed by atoms with E-state index < -0.39 is 0 Å². The molecule has 1 aromatic rings. The number of H-pyrrole nitrogens is 1. The fourth-order valence-corrected chi connectivity index (χ4v) is 1.59. The lowest BCUT2D eigenvalue weighted by Crippen LogP contribution is -2.34. The summed E-state index contributed by atoms with van der Waals surface area (Å²) in [6.07, 6.45) is 2.25. The van der Waals surface area contributed by atoms with Crippen LogP contribution in [0.5, 0.6) is 0 Å². The molecule has 6 heteroatoms. The molecule has 0 saturated heterocycles. The topological polar surface area (TPSA) is 76.1 Å². The molecule has 0 radical (unpaired) electrons. The Hall–Kier alpha value is -1.40. The fourth-order valence-electron chi connectivity index (χ4n) is 1.59. The van der Waals surface area contributed by atoms with Gasteiger partial charge in [0.05, 0.1) is 6.61 Å². The Labute approximate surface area is 106 Å². The largest absolute Gasteiger partial charge is 0.380 e. The first kappa shape index (κ1) is 14.7. The zero-order chi connectivity index (χ0) is 13.4. The summed E-state index contributed by atoms with van der Waals surface area (Å²) in [5, 5.41) is 3.17. The molecule has 6 nitrogen and oxygen atoms in total. The van der Waals surface area contributed by atoms with E-state index in [-0.39, 0.29) is 11.2 Å². The molecule has 0 aliphatic heterocycles. The Morgan fingerprint density at radius 1 is 1.33 bits per heavy atom. The Morgan fingerprint density at radius 2 is 2.11 bits per heavy atom. The highest BCUT2D eigenvalue weighted by Gasteiger charge is 2.02. The third kappa shape index (κ3) is 4.46. The molecule has 18 heavy (non-hydrogen) atoms. The summed E-state index contributed by atoms with van der Waals surface area (Å²) in [5.74, 6) is 0. The predicted octanol–water partition coefficient (Wildman–Crippen LogP) is -0.275. The molecule has 1 aromatic heterocycles. The quantitative estimate of drug-likeness (QED) is 0.627. The van der Waals surface area contributed by atoms with E-state index in [0.717, 1.165) is 6.54 Å². The highest BCUT2D eigenvalue weighted by molar-refractivity contribution is 5.03. The van der Waals surface area contributed by atoms with E-state index in [4.69, 9.17) is 4.74 Å². The van der Waals surface area contributed by atoms with E-state index in [1.54, 1.807) is 6.20 Å². The van der Waals surface area contributed by atoms with Crippen LogP contribution in [0.25, 0.3) is 0 Å². The molecule has 0 aliphatic carbocycles. The molecule has 2 N–H and O–H groups in total. The molecule has 0 amide bonds. The van der Waals surface area contributed by atoms with Crippen LogP contribution >= 0.6 is 0 Å². The first-order valence-electron chi connectivity index (χ1n) is 6.30. The minimum absolute atomic E-state index is 0.289. The number of aromatic nitrogens is 2. The van der Waals surface area contributed by atoms with Crippen molar-refractivity contribution in [2.24, 2.45) is 0 Å². The summed E-state index contributed by atoms with van der Waals surface area (Å²) in [7, 11) is 0. The standard InChI is InChI=1S/C12H21N3O3/c1-3-10-9-15(12(17)14-11(10)16)7-5-13-6-8-18-4-2/h9,13H,3-8H2,1-2H3,(H,14,16,17). The van der Waals surface area contributed by atoms with Gasteiger partial charge >= 0.3 is 5.69 Å². The fraction of sp³-hybridized carbons (Fsp3) is 0.667. The van der Waals surface area contributed by atoms with Crippen molar-refractivity contribution < 1.29 is 4.74 Å². The van der Waals surface area contributed by atoms with Crippen LogP contribution in [0.15, 0.2) is 15.8 Å². The zero-order valence-corrected chi connectivity index (χ0v) is 11.0. The lowest BCUT2D eigenvalue weighted by Gasteiger charge is -2.08. The molecule has 1 rings (SSSR count). The van der Waals surface area contributed by atoms with Gasteiger partial charge < -0.3 is 10.1 Å². The molecule has 0 aromatic carbocycles. The molecule has 0 unspecified atom stereocenters. The van der Waals surface area contributed by atoms with Crippen molar-refractivity contribution in [2.45, 2.75) is 26.8 Å². The van der Waals surface area contributed by atoms with E-state index in [9.17, 15) is 9.59 Å². The number of hydrogen-bond acceptors (Lipinski definition) is 4. The Balaban J connectivity index is 2.47. The Morgan fingerprint density at radius 3 is 2.78 bits per heavy atom. The number of aryl methyl sites for hydroxylation is 1. The maximum absolute atomic E-state index is 11.5. The smallest absolute Gasteiger partial charge is 0.328 e. The van der Waals surface area contributed by atoms with Crippen LogP contribution in [0.3, 0.4) is 0 Å². The number of rotatable bonds is 8. The normalized spacial score (nSPS) is 10.8. The van der Waals surface area contributed by atoms with Crippen molar-refractivity contribution in [1.29, 1.82) is 0 Å². The summed E-state index contributed by atoms with van der Waals surface area (Å²) in [4.78, 5) is 25.2. The van der Waals surface area contributed by atoms with Gasteiger partial charge in [-0.15, -0.1) is 0 Å². The molecule has 0 saturated carbocycles. The van der Waals surface area contributed by atoms with Crippen LogP contribution in [-0.2, 0) is 17.7 Å². The van der Waals surface area contributed by atoms with Crippen LogP contribution in [0.2, 0.25) is 0 Å². The molecule has 0 atom stereocenters. The second-order valence-electron chi connectivity index (χ2n) is 3.91. The molecular formula is C12H21N3O3.